The molecule has 1 aliphatic heterocycles. The van der Waals surface area contributed by atoms with Gasteiger partial charge < -0.3 is 9.84 Å². The molecule has 0 unspecified atom stereocenters. The summed E-state index contributed by atoms with van der Waals surface area (Å²) in [5.74, 6) is 0.904. The van der Waals surface area contributed by atoms with Gasteiger partial charge in [0.1, 0.15) is 11.5 Å². The predicted molar refractivity (Wildman–Crippen MR) is 154 cm³/mol. The summed E-state index contributed by atoms with van der Waals surface area (Å²) in [5.41, 5.74) is 5.96. The Balaban J connectivity index is 1.64. The van der Waals surface area contributed by atoms with Crippen LogP contribution < -0.4 is 19.6 Å². The molecule has 0 spiro atoms. The summed E-state index contributed by atoms with van der Waals surface area (Å²) in [5, 5.41) is 10.6. The highest BCUT2D eigenvalue weighted by molar-refractivity contribution is 14.1. The van der Waals surface area contributed by atoms with E-state index in [0.717, 1.165) is 45.5 Å². The number of methoxy groups -OCH3 is 1. The molecule has 0 fully saturated rings. The molecule has 1 aromatic heterocycles. The van der Waals surface area contributed by atoms with E-state index >= 15 is 0 Å². The second-order valence-corrected chi connectivity index (χ2v) is 11.8. The van der Waals surface area contributed by atoms with Gasteiger partial charge in [0, 0.05) is 15.6 Å². The van der Waals surface area contributed by atoms with Gasteiger partial charge >= 0.3 is 0 Å². The number of hydrogen-bond donors (Lipinski definition) is 1. The van der Waals surface area contributed by atoms with Gasteiger partial charge in [-0.3, -0.25) is 9.36 Å². The summed E-state index contributed by atoms with van der Waals surface area (Å²) in [7, 11) is 1.65. The van der Waals surface area contributed by atoms with Crippen molar-refractivity contribution in [3.63, 3.8) is 0 Å². The van der Waals surface area contributed by atoms with Crippen molar-refractivity contribution in [2.45, 2.75) is 18.9 Å². The molecule has 1 aliphatic carbocycles. The first-order chi connectivity index (χ1) is 17.4. The molecule has 0 radical (unpaired) electrons. The van der Waals surface area contributed by atoms with Gasteiger partial charge in [0.2, 0.25) is 0 Å². The van der Waals surface area contributed by atoms with Crippen LogP contribution in [0.4, 0.5) is 0 Å². The van der Waals surface area contributed by atoms with Crippen molar-refractivity contribution < 1.29 is 9.84 Å². The minimum atomic E-state index is -0.280. The number of phenols is 1. The molecule has 5 nitrogen and oxygen atoms in total. The van der Waals surface area contributed by atoms with Crippen LogP contribution in [-0.2, 0) is 6.42 Å². The molecule has 1 N–H and O–H groups in total. The first-order valence-corrected chi connectivity index (χ1v) is 14.1. The number of aromatic nitrogens is 1. The lowest BCUT2D eigenvalue weighted by Crippen LogP contribution is -2.38. The van der Waals surface area contributed by atoms with Crippen LogP contribution in [0.2, 0.25) is 0 Å². The number of ether oxygens (including phenoxy) is 1. The Kier molecular flexibility index (Phi) is 6.13. The van der Waals surface area contributed by atoms with Crippen LogP contribution in [0.3, 0.4) is 0 Å². The first-order valence-electron chi connectivity index (χ1n) is 11.4. The van der Waals surface area contributed by atoms with Crippen LogP contribution in [0, 0.1) is 3.57 Å². The van der Waals surface area contributed by atoms with Gasteiger partial charge in [-0.1, -0.05) is 63.7 Å². The second-order valence-electron chi connectivity index (χ2n) is 8.72. The van der Waals surface area contributed by atoms with E-state index in [2.05, 4.69) is 56.7 Å². The second kappa shape index (κ2) is 9.32. The van der Waals surface area contributed by atoms with Gasteiger partial charge in [0.15, 0.2) is 4.80 Å². The number of benzene rings is 3. The van der Waals surface area contributed by atoms with Crippen molar-refractivity contribution in [1.82, 2.24) is 4.57 Å². The molecular formula is C28H20BrIN2O3S. The highest BCUT2D eigenvalue weighted by Crippen LogP contribution is 2.41. The van der Waals surface area contributed by atoms with Crippen LogP contribution in [0.5, 0.6) is 11.5 Å². The zero-order valence-corrected chi connectivity index (χ0v) is 23.7. The highest BCUT2D eigenvalue weighted by Gasteiger charge is 2.32. The lowest BCUT2D eigenvalue weighted by atomic mass is 9.83. The van der Waals surface area contributed by atoms with Crippen molar-refractivity contribution in [3.05, 3.63) is 116 Å². The lowest BCUT2D eigenvalue weighted by Gasteiger charge is -2.31. The number of nitrogens with zero attached hydrogens (tertiary/aromatic N) is 2. The Labute approximate surface area is 233 Å². The number of rotatable bonds is 3. The van der Waals surface area contributed by atoms with Crippen molar-refractivity contribution >= 4 is 61.6 Å². The van der Waals surface area contributed by atoms with E-state index in [1.54, 1.807) is 17.8 Å². The molecule has 180 valence electrons. The Bertz CT molecular complexity index is 1760. The number of halogens is 2. The molecule has 2 heterocycles. The van der Waals surface area contributed by atoms with Crippen molar-refractivity contribution in [2.24, 2.45) is 4.99 Å². The number of hydrogen-bond acceptors (Lipinski definition) is 5. The maximum absolute atomic E-state index is 13.9. The summed E-state index contributed by atoms with van der Waals surface area (Å²) in [6.45, 7) is 0. The van der Waals surface area contributed by atoms with Crippen LogP contribution in [0.15, 0.2) is 80.5 Å². The summed E-state index contributed by atoms with van der Waals surface area (Å²) >= 11 is 6.93. The minimum Gasteiger partial charge on any atom is -0.506 e. The zero-order valence-electron chi connectivity index (χ0n) is 19.2. The number of phenolic OH excluding ortho intramolecular Hbond substituents is 1. The molecule has 0 bridgehead atoms. The molecule has 2 aliphatic rings. The SMILES string of the molecule is COc1cccc([C@H]2C3=C(N=c4s/c(=C/c5cc(Br)cc(I)c5O)c(=O)n42)c2ccccc2CC3)c1. The molecule has 3 aromatic carbocycles. The average Bonchev–Trinajstić information content (AvgIpc) is 3.20. The van der Waals surface area contributed by atoms with Crippen molar-refractivity contribution in [2.75, 3.05) is 7.11 Å². The molecule has 0 saturated carbocycles. The molecule has 4 aromatic rings. The van der Waals surface area contributed by atoms with Gasteiger partial charge in [-0.15, -0.1) is 0 Å². The van der Waals surface area contributed by atoms with Crippen LogP contribution in [0.1, 0.15) is 34.7 Å². The quantitative estimate of drug-likeness (QED) is 0.297. The first kappa shape index (κ1) is 23.7. The molecule has 8 heteroatoms. The minimum absolute atomic E-state index is 0.119. The van der Waals surface area contributed by atoms with Gasteiger partial charge in [0.05, 0.1) is 27.0 Å². The molecule has 0 amide bonds. The van der Waals surface area contributed by atoms with Gasteiger partial charge in [-0.2, -0.15) is 0 Å². The van der Waals surface area contributed by atoms with E-state index < -0.39 is 0 Å². The number of aryl methyl sites for hydroxylation is 1. The fourth-order valence-corrected chi connectivity index (χ4v) is 7.51. The maximum atomic E-state index is 13.9. The number of aromatic hydroxyl groups is 1. The molecule has 1 atom stereocenters. The number of allylic oxidation sites excluding steroid dienone is 1. The summed E-state index contributed by atoms with van der Waals surface area (Å²) in [6.07, 6.45) is 3.48. The van der Waals surface area contributed by atoms with Crippen molar-refractivity contribution in [1.29, 1.82) is 0 Å². The Morgan fingerprint density at radius 2 is 2.00 bits per heavy atom. The monoisotopic (exact) mass is 670 g/mol. The van der Waals surface area contributed by atoms with E-state index in [4.69, 9.17) is 9.73 Å². The summed E-state index contributed by atoms with van der Waals surface area (Å²) in [4.78, 5) is 19.6. The average molecular weight is 671 g/mol. The summed E-state index contributed by atoms with van der Waals surface area (Å²) < 4.78 is 9.39. The fourth-order valence-electron chi connectivity index (χ4n) is 4.97. The van der Waals surface area contributed by atoms with Gasteiger partial charge in [-0.05, 0) is 82.5 Å². The van der Waals surface area contributed by atoms with Gasteiger partial charge in [-0.25, -0.2) is 4.99 Å². The Hall–Kier alpha value is -2.69. The Morgan fingerprint density at radius 3 is 2.83 bits per heavy atom. The van der Waals surface area contributed by atoms with Crippen LogP contribution in [-0.4, -0.2) is 16.8 Å². The van der Waals surface area contributed by atoms with Crippen LogP contribution in [0.25, 0.3) is 11.8 Å². The number of thiazole rings is 1. The molecule has 36 heavy (non-hydrogen) atoms. The van der Waals surface area contributed by atoms with E-state index in [1.165, 1.54) is 16.9 Å². The van der Waals surface area contributed by atoms with Crippen LogP contribution >= 0.6 is 49.9 Å². The standard InChI is InChI=1S/C28H20BrIN2O3S/c1-35-19-7-4-6-16(12-19)25-21-10-9-15-5-2-3-8-20(15)24(21)31-28-32(25)27(34)23(36-28)13-17-11-18(29)14-22(30)26(17)33/h2-8,11-14,25,33H,9-10H2,1H3/b23-13+/t25-/m0/s1. The van der Waals surface area contributed by atoms with Crippen molar-refractivity contribution in [3.8, 4) is 11.5 Å². The van der Waals surface area contributed by atoms with E-state index in [9.17, 15) is 9.90 Å². The van der Waals surface area contributed by atoms with E-state index in [0.29, 0.717) is 18.5 Å². The smallest absolute Gasteiger partial charge is 0.271 e. The largest absolute Gasteiger partial charge is 0.506 e. The van der Waals surface area contributed by atoms with E-state index in [-0.39, 0.29) is 17.4 Å². The predicted octanol–water partition coefficient (Wildman–Crippen LogP) is 5.40. The fraction of sp³-hybridized carbons (Fsp3) is 0.143. The molecule has 6 rings (SSSR count). The summed E-state index contributed by atoms with van der Waals surface area (Å²) in [6, 6.07) is 19.7. The molecular weight excluding hydrogens is 651 g/mol. The normalized spacial score (nSPS) is 16.8. The lowest BCUT2D eigenvalue weighted by molar-refractivity contribution is 0.413. The highest BCUT2D eigenvalue weighted by atomic mass is 127. The number of fused-ring (bicyclic) bond motifs is 3. The van der Waals surface area contributed by atoms with Gasteiger partial charge in [0.25, 0.3) is 5.56 Å². The third kappa shape index (κ3) is 3.95. The molecule has 0 saturated heterocycles. The maximum Gasteiger partial charge on any atom is 0.271 e. The topological polar surface area (TPSA) is 63.8 Å². The zero-order chi connectivity index (χ0) is 25.0. The van der Waals surface area contributed by atoms with E-state index in [1.807, 2.05) is 42.5 Å². The third-order valence-corrected chi connectivity index (χ3v) is 8.89. The Morgan fingerprint density at radius 1 is 1.17 bits per heavy atom. The third-order valence-electron chi connectivity index (χ3n) is 6.63.